The first-order chi connectivity index (χ1) is 8.92. The molecule has 1 N–H and O–H groups in total. The quantitative estimate of drug-likeness (QED) is 0.855. The smallest absolute Gasteiger partial charge is 0.0635 e. The van der Waals surface area contributed by atoms with Gasteiger partial charge in [0, 0.05) is 31.7 Å². The van der Waals surface area contributed by atoms with Crippen molar-refractivity contribution in [2.75, 3.05) is 26.3 Å². The van der Waals surface area contributed by atoms with Crippen molar-refractivity contribution in [3.05, 3.63) is 35.9 Å². The van der Waals surface area contributed by atoms with Gasteiger partial charge in [-0.2, -0.15) is 0 Å². The number of nitrogens with one attached hydrogen (secondary N) is 1. The largest absolute Gasteiger partial charge is 0.378 e. The fraction of sp³-hybridized carbons (Fsp3) is 0.600. The lowest BCUT2D eigenvalue weighted by molar-refractivity contribution is -0.0110. The van der Waals surface area contributed by atoms with Crippen molar-refractivity contribution in [2.45, 2.75) is 31.5 Å². The first-order valence-corrected chi connectivity index (χ1v) is 7.01. The third-order valence-corrected chi connectivity index (χ3v) is 3.80. The molecular formula is C15H22N2O. The highest BCUT2D eigenvalue weighted by atomic mass is 16.5. The maximum absolute atomic E-state index is 5.62. The van der Waals surface area contributed by atoms with Crippen LogP contribution in [0.15, 0.2) is 30.3 Å². The molecule has 3 nitrogen and oxygen atoms in total. The van der Waals surface area contributed by atoms with E-state index in [4.69, 9.17) is 4.74 Å². The highest BCUT2D eigenvalue weighted by molar-refractivity contribution is 5.14. The summed E-state index contributed by atoms with van der Waals surface area (Å²) in [5.74, 6) is 0. The van der Waals surface area contributed by atoms with Crippen LogP contribution in [0.1, 0.15) is 18.4 Å². The Kier molecular flexibility index (Phi) is 3.93. The zero-order valence-corrected chi connectivity index (χ0v) is 10.8. The minimum absolute atomic E-state index is 0.527. The number of rotatable bonds is 5. The Balaban J connectivity index is 1.56. The molecule has 1 saturated heterocycles. The third kappa shape index (κ3) is 3.31. The van der Waals surface area contributed by atoms with Gasteiger partial charge in [0.1, 0.15) is 0 Å². The molecule has 18 heavy (non-hydrogen) atoms. The molecule has 1 saturated carbocycles. The van der Waals surface area contributed by atoms with Gasteiger partial charge in [-0.15, -0.1) is 0 Å². The van der Waals surface area contributed by atoms with Gasteiger partial charge in [0.2, 0.25) is 0 Å². The van der Waals surface area contributed by atoms with Crippen LogP contribution in [0.2, 0.25) is 0 Å². The van der Waals surface area contributed by atoms with Crippen LogP contribution in [-0.2, 0) is 11.3 Å². The van der Waals surface area contributed by atoms with Gasteiger partial charge < -0.3 is 10.1 Å². The predicted octanol–water partition coefficient (Wildman–Crippen LogP) is 1.64. The Morgan fingerprint density at radius 3 is 2.83 bits per heavy atom. The Morgan fingerprint density at radius 2 is 2.06 bits per heavy atom. The van der Waals surface area contributed by atoms with Crippen molar-refractivity contribution in [2.24, 2.45) is 0 Å². The molecule has 3 heteroatoms. The lowest BCUT2D eigenvalue weighted by Crippen LogP contribution is -2.50. The third-order valence-electron chi connectivity index (χ3n) is 3.80. The van der Waals surface area contributed by atoms with E-state index in [2.05, 4.69) is 40.5 Å². The molecule has 1 unspecified atom stereocenters. The number of nitrogens with zero attached hydrogens (tertiary/aromatic N) is 1. The average molecular weight is 246 g/mol. The number of benzene rings is 1. The Labute approximate surface area is 109 Å². The van der Waals surface area contributed by atoms with E-state index in [9.17, 15) is 0 Å². The van der Waals surface area contributed by atoms with Crippen LogP contribution in [0, 0.1) is 0 Å². The molecule has 1 aliphatic carbocycles. The lowest BCUT2D eigenvalue weighted by atomic mass is 10.1. The normalized spacial score (nSPS) is 25.2. The molecule has 1 aromatic carbocycles. The molecule has 0 radical (unpaired) electrons. The highest BCUT2D eigenvalue weighted by Gasteiger charge is 2.26. The molecule has 0 amide bonds. The zero-order valence-electron chi connectivity index (χ0n) is 10.8. The molecule has 2 aliphatic rings. The molecule has 1 atom stereocenters. The monoisotopic (exact) mass is 246 g/mol. The van der Waals surface area contributed by atoms with Crippen molar-refractivity contribution >= 4 is 0 Å². The number of hydrogen-bond acceptors (Lipinski definition) is 3. The summed E-state index contributed by atoms with van der Waals surface area (Å²) in [7, 11) is 0. The first kappa shape index (κ1) is 12.2. The fourth-order valence-corrected chi connectivity index (χ4v) is 2.49. The van der Waals surface area contributed by atoms with E-state index in [1.54, 1.807) is 0 Å². The second kappa shape index (κ2) is 5.83. The molecule has 0 bridgehead atoms. The Morgan fingerprint density at radius 1 is 1.22 bits per heavy atom. The second-order valence-corrected chi connectivity index (χ2v) is 5.37. The summed E-state index contributed by atoms with van der Waals surface area (Å²) in [4.78, 5) is 2.55. The standard InChI is InChI=1S/C15H22N2O/c1-2-4-13(5-3-1)11-17-8-9-18-12-15(17)10-16-14-6-7-14/h1-5,14-16H,6-12H2. The van der Waals surface area contributed by atoms with Crippen LogP contribution < -0.4 is 5.32 Å². The maximum Gasteiger partial charge on any atom is 0.0635 e. The van der Waals surface area contributed by atoms with Gasteiger partial charge in [-0.1, -0.05) is 30.3 Å². The average Bonchev–Trinajstić information content (AvgIpc) is 3.23. The second-order valence-electron chi connectivity index (χ2n) is 5.37. The number of morpholine rings is 1. The number of ether oxygens (including phenoxy) is 1. The summed E-state index contributed by atoms with van der Waals surface area (Å²) in [5, 5.41) is 3.62. The van der Waals surface area contributed by atoms with E-state index in [-0.39, 0.29) is 0 Å². The molecule has 0 spiro atoms. The maximum atomic E-state index is 5.62. The molecule has 1 aliphatic heterocycles. The summed E-state index contributed by atoms with van der Waals surface area (Å²) in [6, 6.07) is 12.0. The van der Waals surface area contributed by atoms with Crippen molar-refractivity contribution < 1.29 is 4.74 Å². The van der Waals surface area contributed by atoms with Crippen LogP contribution in [0.25, 0.3) is 0 Å². The summed E-state index contributed by atoms with van der Waals surface area (Å²) in [5.41, 5.74) is 1.40. The van der Waals surface area contributed by atoms with Crippen molar-refractivity contribution in [3.8, 4) is 0 Å². The van der Waals surface area contributed by atoms with Gasteiger partial charge in [0.05, 0.1) is 13.2 Å². The van der Waals surface area contributed by atoms with Gasteiger partial charge in [-0.05, 0) is 18.4 Å². The Hall–Kier alpha value is -0.900. The van der Waals surface area contributed by atoms with E-state index in [0.717, 1.165) is 38.9 Å². The van der Waals surface area contributed by atoms with Gasteiger partial charge in [0.25, 0.3) is 0 Å². The molecule has 0 aromatic heterocycles. The summed E-state index contributed by atoms with van der Waals surface area (Å²) in [6.07, 6.45) is 2.71. The molecule has 2 fully saturated rings. The van der Waals surface area contributed by atoms with Crippen molar-refractivity contribution in [3.63, 3.8) is 0 Å². The van der Waals surface area contributed by atoms with E-state index < -0.39 is 0 Å². The van der Waals surface area contributed by atoms with Crippen LogP contribution in [0.5, 0.6) is 0 Å². The molecular weight excluding hydrogens is 224 g/mol. The Bertz CT molecular complexity index is 364. The molecule has 1 heterocycles. The number of hydrogen-bond donors (Lipinski definition) is 1. The van der Waals surface area contributed by atoms with E-state index in [1.165, 1.54) is 18.4 Å². The van der Waals surface area contributed by atoms with Crippen molar-refractivity contribution in [1.29, 1.82) is 0 Å². The van der Waals surface area contributed by atoms with Crippen LogP contribution in [0.3, 0.4) is 0 Å². The summed E-state index contributed by atoms with van der Waals surface area (Å²) < 4.78 is 5.62. The minimum atomic E-state index is 0.527. The van der Waals surface area contributed by atoms with Crippen LogP contribution >= 0.6 is 0 Å². The van der Waals surface area contributed by atoms with E-state index in [0.29, 0.717) is 6.04 Å². The molecule has 1 aromatic rings. The van der Waals surface area contributed by atoms with E-state index in [1.807, 2.05) is 0 Å². The predicted molar refractivity (Wildman–Crippen MR) is 72.5 cm³/mol. The topological polar surface area (TPSA) is 24.5 Å². The fourth-order valence-electron chi connectivity index (χ4n) is 2.49. The minimum Gasteiger partial charge on any atom is -0.378 e. The van der Waals surface area contributed by atoms with Crippen LogP contribution in [0.4, 0.5) is 0 Å². The first-order valence-electron chi connectivity index (χ1n) is 7.01. The SMILES string of the molecule is c1ccc(CN2CCOCC2CNC2CC2)cc1. The van der Waals surface area contributed by atoms with Crippen molar-refractivity contribution in [1.82, 2.24) is 10.2 Å². The van der Waals surface area contributed by atoms with Gasteiger partial charge in [-0.3, -0.25) is 4.90 Å². The lowest BCUT2D eigenvalue weighted by Gasteiger charge is -2.35. The zero-order chi connectivity index (χ0) is 12.2. The van der Waals surface area contributed by atoms with Crippen LogP contribution in [-0.4, -0.2) is 43.3 Å². The molecule has 3 rings (SSSR count). The highest BCUT2D eigenvalue weighted by Crippen LogP contribution is 2.19. The van der Waals surface area contributed by atoms with E-state index >= 15 is 0 Å². The van der Waals surface area contributed by atoms with Gasteiger partial charge in [-0.25, -0.2) is 0 Å². The molecule has 98 valence electrons. The van der Waals surface area contributed by atoms with Gasteiger partial charge >= 0.3 is 0 Å². The summed E-state index contributed by atoms with van der Waals surface area (Å²) in [6.45, 7) is 4.89. The van der Waals surface area contributed by atoms with Gasteiger partial charge in [0.15, 0.2) is 0 Å². The summed E-state index contributed by atoms with van der Waals surface area (Å²) >= 11 is 0.